The molecule has 19 heavy (non-hydrogen) atoms. The Kier molecular flexibility index (Phi) is 3.18. The standard InChI is InChI=1S/C14H16ClFN2S/c1-2-14(4-3-5-14)8-18-12-6-9(15)10(16)7-11(12)17-13(18)19/h6-7H,2-5,8H2,1H3,(H,17,19). The maximum Gasteiger partial charge on any atom is 0.178 e. The fourth-order valence-corrected chi connectivity index (χ4v) is 3.38. The third-order valence-corrected chi connectivity index (χ3v) is 5.09. The molecule has 1 N–H and O–H groups in total. The number of benzene rings is 1. The number of imidazole rings is 1. The van der Waals surface area contributed by atoms with Crippen LogP contribution in [0, 0.1) is 16.0 Å². The van der Waals surface area contributed by atoms with E-state index in [2.05, 4.69) is 16.5 Å². The highest BCUT2D eigenvalue weighted by Gasteiger charge is 2.35. The van der Waals surface area contributed by atoms with Crippen molar-refractivity contribution in [3.05, 3.63) is 27.7 Å². The van der Waals surface area contributed by atoms with E-state index < -0.39 is 5.82 Å². The number of aromatic nitrogens is 2. The van der Waals surface area contributed by atoms with E-state index in [9.17, 15) is 4.39 Å². The molecule has 1 fully saturated rings. The van der Waals surface area contributed by atoms with E-state index >= 15 is 0 Å². The van der Waals surface area contributed by atoms with Crippen molar-refractivity contribution < 1.29 is 4.39 Å². The molecule has 0 saturated heterocycles. The zero-order valence-electron chi connectivity index (χ0n) is 10.8. The van der Waals surface area contributed by atoms with Gasteiger partial charge in [0.15, 0.2) is 4.77 Å². The van der Waals surface area contributed by atoms with Crippen LogP contribution in [0.15, 0.2) is 12.1 Å². The summed E-state index contributed by atoms with van der Waals surface area (Å²) in [5.74, 6) is -0.411. The Labute approximate surface area is 121 Å². The number of aromatic amines is 1. The molecule has 1 saturated carbocycles. The van der Waals surface area contributed by atoms with E-state index in [0.29, 0.717) is 10.2 Å². The second kappa shape index (κ2) is 4.60. The summed E-state index contributed by atoms with van der Waals surface area (Å²) >= 11 is 11.3. The van der Waals surface area contributed by atoms with Gasteiger partial charge in [0, 0.05) is 12.6 Å². The Hall–Kier alpha value is -0.870. The monoisotopic (exact) mass is 298 g/mol. The molecule has 0 radical (unpaired) electrons. The van der Waals surface area contributed by atoms with Gasteiger partial charge in [-0.15, -0.1) is 0 Å². The zero-order valence-corrected chi connectivity index (χ0v) is 12.4. The smallest absolute Gasteiger partial charge is 0.178 e. The van der Waals surface area contributed by atoms with Gasteiger partial charge in [0.25, 0.3) is 0 Å². The summed E-state index contributed by atoms with van der Waals surface area (Å²) < 4.78 is 16.2. The quantitative estimate of drug-likeness (QED) is 0.784. The summed E-state index contributed by atoms with van der Waals surface area (Å²) in [7, 11) is 0. The fourth-order valence-electron chi connectivity index (χ4n) is 2.94. The number of H-pyrrole nitrogens is 1. The van der Waals surface area contributed by atoms with Crippen LogP contribution in [0.5, 0.6) is 0 Å². The normalized spacial score (nSPS) is 17.6. The molecular weight excluding hydrogens is 283 g/mol. The van der Waals surface area contributed by atoms with Crippen LogP contribution < -0.4 is 0 Å². The van der Waals surface area contributed by atoms with Gasteiger partial charge >= 0.3 is 0 Å². The summed E-state index contributed by atoms with van der Waals surface area (Å²) in [6.07, 6.45) is 4.93. The van der Waals surface area contributed by atoms with Crippen LogP contribution in [0.1, 0.15) is 32.6 Å². The van der Waals surface area contributed by atoms with Gasteiger partial charge in [0.2, 0.25) is 0 Å². The first-order valence-corrected chi connectivity index (χ1v) is 7.41. The second-order valence-corrected chi connectivity index (χ2v) is 6.30. The minimum absolute atomic E-state index is 0.148. The first kappa shape index (κ1) is 13.1. The highest BCUT2D eigenvalue weighted by molar-refractivity contribution is 7.71. The molecule has 2 nitrogen and oxygen atoms in total. The number of fused-ring (bicyclic) bond motifs is 1. The Balaban J connectivity index is 2.10. The van der Waals surface area contributed by atoms with Gasteiger partial charge in [-0.3, -0.25) is 0 Å². The number of hydrogen-bond acceptors (Lipinski definition) is 1. The minimum atomic E-state index is -0.411. The summed E-state index contributed by atoms with van der Waals surface area (Å²) in [6, 6.07) is 3.09. The van der Waals surface area contributed by atoms with Gasteiger partial charge < -0.3 is 9.55 Å². The molecule has 0 amide bonds. The maximum atomic E-state index is 13.5. The van der Waals surface area contributed by atoms with E-state index in [1.165, 1.54) is 25.3 Å². The molecule has 5 heteroatoms. The van der Waals surface area contributed by atoms with E-state index in [-0.39, 0.29) is 5.02 Å². The maximum absolute atomic E-state index is 13.5. The van der Waals surface area contributed by atoms with Crippen LogP contribution in [0.3, 0.4) is 0 Å². The van der Waals surface area contributed by atoms with Gasteiger partial charge in [0.1, 0.15) is 5.82 Å². The van der Waals surface area contributed by atoms with Gasteiger partial charge in [-0.1, -0.05) is 24.9 Å². The molecule has 1 heterocycles. The molecule has 0 unspecified atom stereocenters. The molecule has 1 aliphatic rings. The van der Waals surface area contributed by atoms with E-state index in [0.717, 1.165) is 24.0 Å². The third-order valence-electron chi connectivity index (χ3n) is 4.47. The Morgan fingerprint density at radius 2 is 2.21 bits per heavy atom. The van der Waals surface area contributed by atoms with Gasteiger partial charge in [0.05, 0.1) is 16.1 Å². The van der Waals surface area contributed by atoms with Crippen LogP contribution in [-0.4, -0.2) is 9.55 Å². The molecule has 2 aromatic rings. The fraction of sp³-hybridized carbons (Fsp3) is 0.500. The van der Waals surface area contributed by atoms with Crippen molar-refractivity contribution >= 4 is 34.9 Å². The highest BCUT2D eigenvalue weighted by atomic mass is 35.5. The molecule has 0 spiro atoms. The SMILES string of the molecule is CCC1(Cn2c(=S)[nH]c3cc(F)c(Cl)cc32)CCC1. The predicted molar refractivity (Wildman–Crippen MR) is 78.7 cm³/mol. The minimum Gasteiger partial charge on any atom is -0.330 e. The van der Waals surface area contributed by atoms with Crippen molar-refractivity contribution in [2.45, 2.75) is 39.2 Å². The van der Waals surface area contributed by atoms with E-state index in [1.807, 2.05) is 0 Å². The summed E-state index contributed by atoms with van der Waals surface area (Å²) in [6.45, 7) is 3.12. The van der Waals surface area contributed by atoms with Crippen molar-refractivity contribution in [2.75, 3.05) is 0 Å². The second-order valence-electron chi connectivity index (χ2n) is 5.51. The van der Waals surface area contributed by atoms with Crippen molar-refractivity contribution in [3.63, 3.8) is 0 Å². The number of hydrogen-bond donors (Lipinski definition) is 1. The Morgan fingerprint density at radius 3 is 2.79 bits per heavy atom. The number of halogens is 2. The lowest BCUT2D eigenvalue weighted by Gasteiger charge is -2.41. The van der Waals surface area contributed by atoms with Crippen molar-refractivity contribution in [1.29, 1.82) is 0 Å². The van der Waals surface area contributed by atoms with Crippen LogP contribution in [-0.2, 0) is 6.54 Å². The van der Waals surface area contributed by atoms with E-state index in [1.54, 1.807) is 6.07 Å². The topological polar surface area (TPSA) is 20.7 Å². The first-order chi connectivity index (χ1) is 9.04. The van der Waals surface area contributed by atoms with Gasteiger partial charge in [-0.05, 0) is 43.0 Å². The summed E-state index contributed by atoms with van der Waals surface area (Å²) in [4.78, 5) is 3.07. The lowest BCUT2D eigenvalue weighted by atomic mass is 9.67. The van der Waals surface area contributed by atoms with Crippen molar-refractivity contribution in [3.8, 4) is 0 Å². The van der Waals surface area contributed by atoms with Crippen LogP contribution in [0.4, 0.5) is 4.39 Å². The van der Waals surface area contributed by atoms with Gasteiger partial charge in [-0.2, -0.15) is 0 Å². The average Bonchev–Trinajstić information content (AvgIpc) is 2.61. The first-order valence-electron chi connectivity index (χ1n) is 6.62. The van der Waals surface area contributed by atoms with E-state index in [4.69, 9.17) is 23.8 Å². The number of nitrogens with one attached hydrogen (secondary N) is 1. The molecular formula is C14H16ClFN2S. The molecule has 0 atom stereocenters. The number of nitrogens with zero attached hydrogens (tertiary/aromatic N) is 1. The molecule has 102 valence electrons. The van der Waals surface area contributed by atoms with Crippen LogP contribution in [0.25, 0.3) is 11.0 Å². The van der Waals surface area contributed by atoms with Crippen LogP contribution >= 0.6 is 23.8 Å². The molecule has 1 aromatic carbocycles. The Morgan fingerprint density at radius 1 is 1.47 bits per heavy atom. The molecule has 0 bridgehead atoms. The van der Waals surface area contributed by atoms with Crippen molar-refractivity contribution in [2.24, 2.45) is 5.41 Å². The Bertz CT molecular complexity index is 679. The predicted octanol–water partition coefficient (Wildman–Crippen LogP) is 5.07. The summed E-state index contributed by atoms with van der Waals surface area (Å²) in [5, 5.41) is 0.148. The van der Waals surface area contributed by atoms with Crippen LogP contribution in [0.2, 0.25) is 5.02 Å². The van der Waals surface area contributed by atoms with Gasteiger partial charge in [-0.25, -0.2) is 4.39 Å². The summed E-state index contributed by atoms with van der Waals surface area (Å²) in [5.41, 5.74) is 1.97. The molecule has 1 aromatic heterocycles. The molecule has 3 rings (SSSR count). The largest absolute Gasteiger partial charge is 0.330 e. The lowest BCUT2D eigenvalue weighted by molar-refractivity contribution is 0.101. The molecule has 1 aliphatic carbocycles. The lowest BCUT2D eigenvalue weighted by Crippen LogP contribution is -2.33. The molecule has 0 aliphatic heterocycles. The highest BCUT2D eigenvalue weighted by Crippen LogP contribution is 2.45. The van der Waals surface area contributed by atoms with Crippen molar-refractivity contribution in [1.82, 2.24) is 9.55 Å². The zero-order chi connectivity index (χ0) is 13.6. The third kappa shape index (κ3) is 2.11. The average molecular weight is 299 g/mol. The number of rotatable bonds is 3.